The Morgan fingerprint density at radius 3 is 2.68 bits per heavy atom. The molecule has 1 aliphatic rings. The number of thiophene rings is 1. The summed E-state index contributed by atoms with van der Waals surface area (Å²) in [6, 6.07) is 13.2. The molecule has 2 amide bonds. The van der Waals surface area contributed by atoms with Crippen LogP contribution in [0.1, 0.15) is 33.5 Å². The lowest BCUT2D eigenvalue weighted by atomic mass is 10.1. The molecule has 1 aliphatic heterocycles. The van der Waals surface area contributed by atoms with Crippen LogP contribution in [0.15, 0.2) is 58.2 Å². The highest BCUT2D eigenvalue weighted by molar-refractivity contribution is 7.09. The summed E-state index contributed by atoms with van der Waals surface area (Å²) in [4.78, 5) is 29.5. The third kappa shape index (κ3) is 3.87. The molecule has 0 saturated heterocycles. The van der Waals surface area contributed by atoms with Gasteiger partial charge in [-0.15, -0.1) is 11.3 Å². The van der Waals surface area contributed by atoms with E-state index in [1.807, 2.05) is 67.1 Å². The van der Waals surface area contributed by atoms with Gasteiger partial charge in [-0.1, -0.05) is 29.3 Å². The quantitative estimate of drug-likeness (QED) is 0.656. The van der Waals surface area contributed by atoms with E-state index in [2.05, 4.69) is 15.6 Å². The minimum atomic E-state index is -0.162. The lowest BCUT2D eigenvalue weighted by molar-refractivity contribution is -0.115. The predicted octanol–water partition coefficient (Wildman–Crippen LogP) is 5.08. The summed E-state index contributed by atoms with van der Waals surface area (Å²) in [5.74, 6) is -0.259. The number of aryl methyl sites for hydroxylation is 2. The van der Waals surface area contributed by atoms with E-state index in [1.54, 1.807) is 0 Å². The first kappa shape index (κ1) is 18.1. The molecule has 2 N–H and O–H groups in total. The summed E-state index contributed by atoms with van der Waals surface area (Å²) in [5.41, 5.74) is 6.37. The minimum absolute atomic E-state index is 0.0967. The highest BCUT2D eigenvalue weighted by Gasteiger charge is 2.18. The van der Waals surface area contributed by atoms with E-state index in [1.165, 1.54) is 11.3 Å². The van der Waals surface area contributed by atoms with Crippen LogP contribution in [0.25, 0.3) is 0 Å². The van der Waals surface area contributed by atoms with E-state index >= 15 is 0 Å². The van der Waals surface area contributed by atoms with Gasteiger partial charge in [-0.2, -0.15) is 0 Å². The normalized spacial score (nSPS) is 13.2. The van der Waals surface area contributed by atoms with Gasteiger partial charge >= 0.3 is 0 Å². The Kier molecular flexibility index (Phi) is 4.79. The molecule has 0 spiro atoms. The number of hydrogen-bond donors (Lipinski definition) is 2. The van der Waals surface area contributed by atoms with Gasteiger partial charge in [0.2, 0.25) is 5.91 Å². The fraction of sp³-hybridized carbons (Fsp3) is 0.136. The predicted molar refractivity (Wildman–Crippen MR) is 114 cm³/mol. The Hall–Kier alpha value is -3.25. The zero-order valence-corrected chi connectivity index (χ0v) is 16.4. The zero-order chi connectivity index (χ0) is 19.7. The maximum absolute atomic E-state index is 12.6. The van der Waals surface area contributed by atoms with Crippen LogP contribution in [-0.2, 0) is 4.79 Å². The first-order valence-corrected chi connectivity index (χ1v) is 9.86. The summed E-state index contributed by atoms with van der Waals surface area (Å²) in [6.07, 6.45) is 0.188. The van der Waals surface area contributed by atoms with E-state index in [4.69, 9.17) is 0 Å². The van der Waals surface area contributed by atoms with Crippen LogP contribution in [0.5, 0.6) is 0 Å². The third-order valence-corrected chi connectivity index (χ3v) is 5.17. The Morgan fingerprint density at radius 1 is 1.11 bits per heavy atom. The van der Waals surface area contributed by atoms with Gasteiger partial charge in [0.25, 0.3) is 5.91 Å². The molecule has 4 rings (SSSR count). The number of benzene rings is 2. The number of amides is 2. The van der Waals surface area contributed by atoms with Crippen LogP contribution in [-0.4, -0.2) is 17.5 Å². The largest absolute Gasteiger partial charge is 0.323 e. The fourth-order valence-corrected chi connectivity index (χ4v) is 3.95. The first-order chi connectivity index (χ1) is 13.5. The second kappa shape index (κ2) is 7.40. The van der Waals surface area contributed by atoms with Crippen LogP contribution in [0.4, 0.5) is 17.1 Å². The SMILES string of the molecule is Cc1cc(C)cc(C(=O)Nc2cccc(C3=Nc4cscc4NC(=O)C3)c2)c1. The molecule has 0 atom stereocenters. The number of rotatable bonds is 3. The van der Waals surface area contributed by atoms with Gasteiger partial charge in [-0.05, 0) is 43.7 Å². The topological polar surface area (TPSA) is 70.6 Å². The Balaban J connectivity index is 1.61. The lowest BCUT2D eigenvalue weighted by Gasteiger charge is -2.10. The molecule has 1 aromatic heterocycles. The highest BCUT2D eigenvalue weighted by Crippen LogP contribution is 2.32. The molecular weight excluding hydrogens is 370 g/mol. The average molecular weight is 389 g/mol. The average Bonchev–Trinajstić information content (AvgIpc) is 3.00. The molecule has 2 heterocycles. The number of carbonyl (C=O) groups excluding carboxylic acids is 2. The number of hydrogen-bond acceptors (Lipinski definition) is 4. The number of carbonyl (C=O) groups is 2. The summed E-state index contributed by atoms with van der Waals surface area (Å²) in [5, 5.41) is 9.59. The van der Waals surface area contributed by atoms with Crippen molar-refractivity contribution >= 4 is 45.9 Å². The van der Waals surface area contributed by atoms with Gasteiger partial charge in [0.1, 0.15) is 0 Å². The fourth-order valence-electron chi connectivity index (χ4n) is 3.25. The van der Waals surface area contributed by atoms with Crippen molar-refractivity contribution in [2.75, 3.05) is 10.6 Å². The number of nitrogens with one attached hydrogen (secondary N) is 2. The molecule has 2 aromatic carbocycles. The van der Waals surface area contributed by atoms with Crippen molar-refractivity contribution in [1.29, 1.82) is 0 Å². The standard InChI is InChI=1S/C22H19N3O2S/c1-13-6-14(2)8-16(7-13)22(27)23-17-5-3-4-15(9-17)18-10-21(26)25-20-12-28-11-19(20)24-18/h3-9,11-12H,10H2,1-2H3,(H,23,27)(H,25,26). The molecule has 0 bridgehead atoms. The van der Waals surface area contributed by atoms with Crippen LogP contribution in [0, 0.1) is 13.8 Å². The van der Waals surface area contributed by atoms with Gasteiger partial charge in [0.05, 0.1) is 23.5 Å². The lowest BCUT2D eigenvalue weighted by Crippen LogP contribution is -2.16. The van der Waals surface area contributed by atoms with Crippen LogP contribution in [0.2, 0.25) is 0 Å². The van der Waals surface area contributed by atoms with Crippen LogP contribution in [0.3, 0.4) is 0 Å². The van der Waals surface area contributed by atoms with E-state index in [9.17, 15) is 9.59 Å². The molecule has 0 fully saturated rings. The Labute approximate surface area is 167 Å². The molecular formula is C22H19N3O2S. The zero-order valence-electron chi connectivity index (χ0n) is 15.6. The number of nitrogens with zero attached hydrogens (tertiary/aromatic N) is 1. The van der Waals surface area contributed by atoms with Crippen LogP contribution < -0.4 is 10.6 Å². The molecule has 0 radical (unpaired) electrons. The molecule has 6 heteroatoms. The van der Waals surface area contributed by atoms with E-state index < -0.39 is 0 Å². The van der Waals surface area contributed by atoms with E-state index in [-0.39, 0.29) is 18.2 Å². The summed E-state index contributed by atoms with van der Waals surface area (Å²) in [6.45, 7) is 3.94. The first-order valence-electron chi connectivity index (χ1n) is 8.91. The Bertz CT molecular complexity index is 1090. The van der Waals surface area contributed by atoms with E-state index in [0.717, 1.165) is 28.1 Å². The van der Waals surface area contributed by atoms with Crippen molar-refractivity contribution in [3.8, 4) is 0 Å². The van der Waals surface area contributed by atoms with Gasteiger partial charge in [0.15, 0.2) is 0 Å². The summed E-state index contributed by atoms with van der Waals surface area (Å²) in [7, 11) is 0. The smallest absolute Gasteiger partial charge is 0.255 e. The summed E-state index contributed by atoms with van der Waals surface area (Å²) >= 11 is 1.50. The van der Waals surface area contributed by atoms with Gasteiger partial charge in [-0.3, -0.25) is 9.59 Å². The minimum Gasteiger partial charge on any atom is -0.323 e. The van der Waals surface area contributed by atoms with Crippen molar-refractivity contribution in [1.82, 2.24) is 0 Å². The highest BCUT2D eigenvalue weighted by atomic mass is 32.1. The van der Waals surface area contributed by atoms with Crippen molar-refractivity contribution in [2.24, 2.45) is 4.99 Å². The molecule has 3 aromatic rings. The molecule has 0 unspecified atom stereocenters. The van der Waals surface area contributed by atoms with Crippen molar-refractivity contribution in [3.05, 3.63) is 75.5 Å². The van der Waals surface area contributed by atoms with Gasteiger partial charge in [0, 0.05) is 22.0 Å². The van der Waals surface area contributed by atoms with Crippen molar-refractivity contribution in [2.45, 2.75) is 20.3 Å². The Morgan fingerprint density at radius 2 is 1.89 bits per heavy atom. The van der Waals surface area contributed by atoms with E-state index in [0.29, 0.717) is 17.0 Å². The molecule has 0 saturated carbocycles. The third-order valence-electron chi connectivity index (χ3n) is 4.44. The van der Waals surface area contributed by atoms with Gasteiger partial charge in [-0.25, -0.2) is 4.99 Å². The molecule has 5 nitrogen and oxygen atoms in total. The molecule has 28 heavy (non-hydrogen) atoms. The van der Waals surface area contributed by atoms with Crippen molar-refractivity contribution < 1.29 is 9.59 Å². The number of anilines is 2. The maximum atomic E-state index is 12.6. The maximum Gasteiger partial charge on any atom is 0.255 e. The van der Waals surface area contributed by atoms with Crippen molar-refractivity contribution in [3.63, 3.8) is 0 Å². The van der Waals surface area contributed by atoms with Gasteiger partial charge < -0.3 is 10.6 Å². The number of fused-ring (bicyclic) bond motifs is 1. The number of aliphatic imine (C=N–C) groups is 1. The molecule has 0 aliphatic carbocycles. The second-order valence-corrected chi connectivity index (χ2v) is 7.61. The van der Waals surface area contributed by atoms with Crippen LogP contribution >= 0.6 is 11.3 Å². The monoisotopic (exact) mass is 389 g/mol. The second-order valence-electron chi connectivity index (χ2n) is 6.87. The summed E-state index contributed by atoms with van der Waals surface area (Å²) < 4.78 is 0. The molecule has 140 valence electrons.